The summed E-state index contributed by atoms with van der Waals surface area (Å²) in [7, 11) is 1.07. The Morgan fingerprint density at radius 3 is 2.40 bits per heavy atom. The molecule has 0 aliphatic heterocycles. The number of halogens is 3. The molecule has 6 heteroatoms. The highest BCUT2D eigenvalue weighted by atomic mass is 19.4. The van der Waals surface area contributed by atoms with Crippen molar-refractivity contribution in [3.05, 3.63) is 29.8 Å². The normalized spacial score (nSPS) is 10.7. The van der Waals surface area contributed by atoms with Crippen molar-refractivity contribution in [3.63, 3.8) is 0 Å². The van der Waals surface area contributed by atoms with E-state index < -0.39 is 12.1 Å². The molecule has 1 rings (SSSR count). The zero-order valence-electron chi connectivity index (χ0n) is 10.9. The van der Waals surface area contributed by atoms with Crippen molar-refractivity contribution in [2.75, 3.05) is 18.6 Å². The lowest BCUT2D eigenvalue weighted by Crippen LogP contribution is -2.38. The summed E-state index contributed by atoms with van der Waals surface area (Å²) < 4.78 is 36.8. The highest BCUT2D eigenvalue weighted by Crippen LogP contribution is 2.22. The van der Waals surface area contributed by atoms with Gasteiger partial charge in [0.1, 0.15) is 0 Å². The monoisotopic (exact) mass is 285 g/mol. The van der Waals surface area contributed by atoms with Gasteiger partial charge in [0.05, 0.1) is 0 Å². The van der Waals surface area contributed by atoms with E-state index in [1.165, 1.54) is 12.1 Å². The second-order valence-corrected chi connectivity index (χ2v) is 4.04. The summed E-state index contributed by atoms with van der Waals surface area (Å²) in [6, 6.07) is 5.89. The van der Waals surface area contributed by atoms with Crippen LogP contribution in [0.5, 0.6) is 0 Å². The Bertz CT molecular complexity index is 512. The average Bonchev–Trinajstić information content (AvgIpc) is 2.41. The van der Waals surface area contributed by atoms with Crippen LogP contribution in [0.15, 0.2) is 24.3 Å². The van der Waals surface area contributed by atoms with E-state index in [9.17, 15) is 18.0 Å². The van der Waals surface area contributed by atoms with Crippen LogP contribution in [-0.4, -0.2) is 30.8 Å². The summed E-state index contributed by atoms with van der Waals surface area (Å²) in [6.07, 6.45) is -3.77. The molecule has 1 amide bonds. The van der Waals surface area contributed by atoms with Gasteiger partial charge in [0.15, 0.2) is 0 Å². The van der Waals surface area contributed by atoms with Crippen molar-refractivity contribution in [1.29, 1.82) is 0 Å². The van der Waals surface area contributed by atoms with Crippen molar-refractivity contribution in [3.8, 4) is 11.8 Å². The number of alkyl halides is 3. The van der Waals surface area contributed by atoms with Crippen molar-refractivity contribution >= 4 is 11.6 Å². The van der Waals surface area contributed by atoms with Crippen molar-refractivity contribution in [2.24, 2.45) is 0 Å². The lowest BCUT2D eigenvalue weighted by atomic mass is 10.2. The van der Waals surface area contributed by atoms with Gasteiger partial charge in [-0.1, -0.05) is 11.8 Å². The highest BCUT2D eigenvalue weighted by molar-refractivity contribution is 5.96. The Balaban J connectivity index is 2.75. The van der Waals surface area contributed by atoms with Gasteiger partial charge in [-0.2, -0.15) is 13.2 Å². The highest BCUT2D eigenvalue weighted by Gasteiger charge is 2.41. The van der Waals surface area contributed by atoms with E-state index in [0.717, 1.165) is 7.05 Å². The van der Waals surface area contributed by atoms with Crippen LogP contribution in [0, 0.1) is 11.8 Å². The average molecular weight is 285 g/mol. The van der Waals surface area contributed by atoms with Gasteiger partial charge in [0.25, 0.3) is 0 Å². The predicted octanol–water partition coefficient (Wildman–Crippen LogP) is 2.34. The van der Waals surface area contributed by atoms with Gasteiger partial charge in [-0.05, 0) is 30.7 Å². The lowest BCUT2D eigenvalue weighted by molar-refractivity contribution is -0.170. The second kappa shape index (κ2) is 6.96. The van der Waals surface area contributed by atoms with Gasteiger partial charge in [-0.25, -0.2) is 0 Å². The van der Waals surface area contributed by atoms with Crippen LogP contribution in [-0.2, 0) is 4.79 Å². The fourth-order valence-corrected chi connectivity index (χ4v) is 1.41. The fraction of sp³-hybridized carbons (Fsp3) is 0.357. The third-order valence-corrected chi connectivity index (χ3v) is 2.49. The first-order chi connectivity index (χ1) is 9.36. The fourth-order valence-electron chi connectivity index (χ4n) is 1.41. The molecular formula is C14H14F3NO2. The van der Waals surface area contributed by atoms with Gasteiger partial charge in [0.2, 0.25) is 0 Å². The zero-order chi connectivity index (χ0) is 15.2. The lowest BCUT2D eigenvalue weighted by Gasteiger charge is -2.18. The van der Waals surface area contributed by atoms with E-state index in [-0.39, 0.29) is 12.3 Å². The number of hydrogen-bond acceptors (Lipinski definition) is 2. The molecule has 3 nitrogen and oxygen atoms in total. The number of rotatable bonds is 3. The van der Waals surface area contributed by atoms with E-state index in [4.69, 9.17) is 5.11 Å². The first kappa shape index (κ1) is 16.1. The predicted molar refractivity (Wildman–Crippen MR) is 69.1 cm³/mol. The second-order valence-electron chi connectivity index (χ2n) is 4.04. The summed E-state index contributed by atoms with van der Waals surface area (Å²) in [5.41, 5.74) is 0.785. The van der Waals surface area contributed by atoms with Gasteiger partial charge >= 0.3 is 12.1 Å². The number of unbranched alkanes of at least 4 members (excludes halogenated alkanes) is 1. The molecule has 1 N–H and O–H groups in total. The summed E-state index contributed by atoms with van der Waals surface area (Å²) in [6.45, 7) is 0.0674. The van der Waals surface area contributed by atoms with Crippen LogP contribution in [0.2, 0.25) is 0 Å². The molecular weight excluding hydrogens is 271 g/mol. The Hall–Kier alpha value is -2.00. The minimum atomic E-state index is -4.89. The molecule has 0 bridgehead atoms. The maximum Gasteiger partial charge on any atom is 0.471 e. The summed E-state index contributed by atoms with van der Waals surface area (Å²) >= 11 is 0. The molecule has 0 aliphatic rings. The summed E-state index contributed by atoms with van der Waals surface area (Å²) in [5.74, 6) is 3.73. The quantitative estimate of drug-likeness (QED) is 0.684. The summed E-state index contributed by atoms with van der Waals surface area (Å²) in [4.78, 5) is 11.6. The van der Waals surface area contributed by atoms with Crippen molar-refractivity contribution in [1.82, 2.24) is 0 Å². The van der Waals surface area contributed by atoms with Gasteiger partial charge in [0, 0.05) is 31.3 Å². The van der Waals surface area contributed by atoms with E-state index in [1.54, 1.807) is 12.1 Å². The van der Waals surface area contributed by atoms with Crippen molar-refractivity contribution in [2.45, 2.75) is 19.0 Å². The molecule has 0 fully saturated rings. The first-order valence-corrected chi connectivity index (χ1v) is 5.91. The Kier molecular flexibility index (Phi) is 5.59. The molecule has 0 radical (unpaired) electrons. The molecule has 0 heterocycles. The van der Waals surface area contributed by atoms with Gasteiger partial charge < -0.3 is 10.0 Å². The van der Waals surface area contributed by atoms with E-state index >= 15 is 0 Å². The summed E-state index contributed by atoms with van der Waals surface area (Å²) in [5, 5.41) is 8.58. The Labute approximate surface area is 115 Å². The van der Waals surface area contributed by atoms with Crippen LogP contribution in [0.1, 0.15) is 18.4 Å². The molecule has 20 heavy (non-hydrogen) atoms. The Morgan fingerprint density at radius 2 is 1.90 bits per heavy atom. The van der Waals surface area contributed by atoms with Crippen LogP contribution >= 0.6 is 0 Å². The largest absolute Gasteiger partial charge is 0.471 e. The molecule has 0 saturated carbocycles. The zero-order valence-corrected chi connectivity index (χ0v) is 10.9. The van der Waals surface area contributed by atoms with E-state index in [2.05, 4.69) is 11.8 Å². The SMILES string of the molecule is CN(C(=O)C(F)(F)F)c1ccc(C#CCCCO)cc1. The molecule has 0 aromatic heterocycles. The number of anilines is 1. The molecule has 0 atom stereocenters. The maximum atomic E-state index is 12.3. The van der Waals surface area contributed by atoms with Crippen LogP contribution in [0.25, 0.3) is 0 Å². The van der Waals surface area contributed by atoms with Gasteiger partial charge in [-0.15, -0.1) is 0 Å². The number of carbonyl (C=O) groups excluding carboxylic acids is 1. The van der Waals surface area contributed by atoms with Crippen LogP contribution in [0.4, 0.5) is 18.9 Å². The standard InChI is InChI=1S/C14H14F3NO2/c1-18(13(20)14(15,16)17)12-8-6-11(7-9-12)5-3-2-4-10-19/h6-9,19H,2,4,10H2,1H3. The number of aliphatic hydroxyl groups is 1. The first-order valence-electron chi connectivity index (χ1n) is 5.91. The van der Waals surface area contributed by atoms with Gasteiger partial charge in [-0.3, -0.25) is 4.79 Å². The molecule has 1 aromatic rings. The smallest absolute Gasteiger partial charge is 0.396 e. The number of carbonyl (C=O) groups is 1. The number of hydrogen-bond donors (Lipinski definition) is 1. The number of amides is 1. The topological polar surface area (TPSA) is 40.5 Å². The Morgan fingerprint density at radius 1 is 1.30 bits per heavy atom. The molecule has 108 valence electrons. The number of aliphatic hydroxyl groups excluding tert-OH is 1. The van der Waals surface area contributed by atoms with E-state index in [1.807, 2.05) is 0 Å². The number of benzene rings is 1. The maximum absolute atomic E-state index is 12.3. The molecule has 0 spiro atoms. The van der Waals surface area contributed by atoms with E-state index in [0.29, 0.717) is 23.3 Å². The van der Waals surface area contributed by atoms with Crippen molar-refractivity contribution < 1.29 is 23.1 Å². The molecule has 0 aliphatic carbocycles. The molecule has 0 unspecified atom stereocenters. The number of nitrogens with zero attached hydrogens (tertiary/aromatic N) is 1. The van der Waals surface area contributed by atoms with Crippen LogP contribution in [0.3, 0.4) is 0 Å². The third kappa shape index (κ3) is 4.59. The molecule has 0 saturated heterocycles. The van der Waals surface area contributed by atoms with Crippen LogP contribution < -0.4 is 4.90 Å². The molecule has 1 aromatic carbocycles. The minimum absolute atomic E-state index is 0.0674. The third-order valence-electron chi connectivity index (χ3n) is 2.49. The minimum Gasteiger partial charge on any atom is -0.396 e.